The molecule has 0 spiro atoms. The van der Waals surface area contributed by atoms with Gasteiger partial charge in [-0.3, -0.25) is 9.59 Å². The van der Waals surface area contributed by atoms with Gasteiger partial charge in [0.15, 0.2) is 12.4 Å². The van der Waals surface area contributed by atoms with Gasteiger partial charge in [-0.05, 0) is 31.4 Å². The minimum atomic E-state index is -0.785. The summed E-state index contributed by atoms with van der Waals surface area (Å²) in [5, 5.41) is 4.20. The first-order valence-electron chi connectivity index (χ1n) is 8.96. The van der Waals surface area contributed by atoms with Gasteiger partial charge in [0.1, 0.15) is 6.04 Å². The number of aromatic nitrogens is 2. The number of benzene rings is 1. The largest absolute Gasteiger partial charge is 0.493 e. The summed E-state index contributed by atoms with van der Waals surface area (Å²) in [5.41, 5.74) is 6.07. The molecule has 2 aromatic rings. The normalized spacial score (nSPS) is 16.5. The number of primary amides is 1. The lowest BCUT2D eigenvalue weighted by molar-refractivity contribution is -0.143. The van der Waals surface area contributed by atoms with Crippen molar-refractivity contribution in [3.8, 4) is 11.4 Å². The molecule has 0 aliphatic carbocycles. The summed E-state index contributed by atoms with van der Waals surface area (Å²) in [7, 11) is 1.42. The Kier molecular flexibility index (Phi) is 5.93. The van der Waals surface area contributed by atoms with Crippen molar-refractivity contribution in [1.29, 1.82) is 0 Å². The van der Waals surface area contributed by atoms with Crippen molar-refractivity contribution in [2.75, 3.05) is 20.3 Å². The molecule has 0 radical (unpaired) electrons. The second-order valence-electron chi connectivity index (χ2n) is 6.40. The monoisotopic (exact) mass is 386 g/mol. The maximum Gasteiger partial charge on any atom is 0.363 e. The molecule has 1 saturated heterocycles. The number of hydrogen-bond acceptors (Lipinski definition) is 6. The molecular weight excluding hydrogens is 364 g/mol. The van der Waals surface area contributed by atoms with Crippen LogP contribution in [0.25, 0.3) is 5.69 Å². The van der Waals surface area contributed by atoms with E-state index in [0.29, 0.717) is 13.0 Å². The zero-order valence-corrected chi connectivity index (χ0v) is 15.5. The van der Waals surface area contributed by atoms with Crippen LogP contribution in [0.1, 0.15) is 29.8 Å². The lowest BCUT2D eigenvalue weighted by atomic mass is 10.0. The maximum absolute atomic E-state index is 12.4. The fraction of sp³-hybridized carbons (Fsp3) is 0.368. The highest BCUT2D eigenvalue weighted by Crippen LogP contribution is 2.21. The zero-order chi connectivity index (χ0) is 20.1. The van der Waals surface area contributed by atoms with Gasteiger partial charge in [-0.25, -0.2) is 9.48 Å². The predicted molar refractivity (Wildman–Crippen MR) is 98.9 cm³/mol. The Balaban J connectivity index is 1.68. The van der Waals surface area contributed by atoms with Crippen molar-refractivity contribution in [1.82, 2.24) is 14.7 Å². The number of piperidine rings is 1. The van der Waals surface area contributed by atoms with Gasteiger partial charge in [0.2, 0.25) is 11.6 Å². The number of esters is 1. The smallest absolute Gasteiger partial charge is 0.363 e. The first-order valence-corrected chi connectivity index (χ1v) is 8.96. The Labute approximate surface area is 162 Å². The van der Waals surface area contributed by atoms with E-state index in [1.165, 1.54) is 16.7 Å². The number of likely N-dealkylation sites (tertiary alicyclic amines) is 1. The number of nitrogens with two attached hydrogens (primary N) is 1. The molecule has 3 rings (SSSR count). The highest BCUT2D eigenvalue weighted by Gasteiger charge is 2.31. The number of carbonyl (C=O) groups excluding carboxylic acids is 3. The average Bonchev–Trinajstić information content (AvgIpc) is 3.17. The summed E-state index contributed by atoms with van der Waals surface area (Å²) >= 11 is 0. The molecule has 1 aliphatic heterocycles. The number of methoxy groups -OCH3 is 1. The SMILES string of the molecule is COc1cn(-c2ccccc2)nc1C(=O)OCC(=O)N1CCCC[C@H]1C(N)=O. The number of nitrogens with zero attached hydrogens (tertiary/aromatic N) is 3. The van der Waals surface area contributed by atoms with E-state index in [1.54, 1.807) is 6.20 Å². The van der Waals surface area contributed by atoms with E-state index in [2.05, 4.69) is 5.10 Å². The minimum absolute atomic E-state index is 0.0377. The summed E-state index contributed by atoms with van der Waals surface area (Å²) in [6.07, 6.45) is 3.68. The van der Waals surface area contributed by atoms with Crippen molar-refractivity contribution in [2.45, 2.75) is 25.3 Å². The van der Waals surface area contributed by atoms with Crippen LogP contribution >= 0.6 is 0 Å². The van der Waals surface area contributed by atoms with Gasteiger partial charge in [-0.15, -0.1) is 0 Å². The number of hydrogen-bond donors (Lipinski definition) is 1. The molecule has 0 unspecified atom stereocenters. The molecule has 1 aromatic heterocycles. The van der Waals surface area contributed by atoms with E-state index in [9.17, 15) is 14.4 Å². The summed E-state index contributed by atoms with van der Waals surface area (Å²) in [6, 6.07) is 8.54. The molecule has 28 heavy (non-hydrogen) atoms. The van der Waals surface area contributed by atoms with Crippen molar-refractivity contribution < 1.29 is 23.9 Å². The van der Waals surface area contributed by atoms with Gasteiger partial charge in [0.05, 0.1) is 19.0 Å². The lowest BCUT2D eigenvalue weighted by Crippen LogP contribution is -2.51. The van der Waals surface area contributed by atoms with Gasteiger partial charge >= 0.3 is 5.97 Å². The molecule has 0 saturated carbocycles. The standard InChI is InChI=1S/C19H22N4O5/c1-27-15-11-23(13-7-3-2-4-8-13)21-17(15)19(26)28-12-16(24)22-10-6-5-9-14(22)18(20)25/h2-4,7-8,11,14H,5-6,9-10,12H2,1H3,(H2,20,25)/t14-/m0/s1. The third-order valence-corrected chi connectivity index (χ3v) is 4.59. The summed E-state index contributed by atoms with van der Waals surface area (Å²) in [6.45, 7) is -0.0834. The van der Waals surface area contributed by atoms with Crippen molar-refractivity contribution in [3.63, 3.8) is 0 Å². The van der Waals surface area contributed by atoms with E-state index in [0.717, 1.165) is 18.5 Å². The van der Waals surface area contributed by atoms with Crippen molar-refractivity contribution in [2.24, 2.45) is 5.73 Å². The van der Waals surface area contributed by atoms with Crippen LogP contribution in [0.5, 0.6) is 5.75 Å². The van der Waals surface area contributed by atoms with Crippen molar-refractivity contribution >= 4 is 17.8 Å². The molecule has 2 amide bonds. The van der Waals surface area contributed by atoms with Gasteiger partial charge in [0, 0.05) is 6.54 Å². The van der Waals surface area contributed by atoms with Crippen LogP contribution in [-0.4, -0.2) is 58.8 Å². The number of amides is 2. The van der Waals surface area contributed by atoms with Gasteiger partial charge in [-0.1, -0.05) is 18.2 Å². The third kappa shape index (κ3) is 4.13. The molecular formula is C19H22N4O5. The number of rotatable bonds is 6. The molecule has 1 atom stereocenters. The Bertz CT molecular complexity index is 864. The number of carbonyl (C=O) groups is 3. The molecule has 9 heteroatoms. The van der Waals surface area contributed by atoms with E-state index in [1.807, 2.05) is 30.3 Å². The molecule has 0 bridgehead atoms. The average molecular weight is 386 g/mol. The van der Waals surface area contributed by atoms with Crippen molar-refractivity contribution in [3.05, 3.63) is 42.2 Å². The van der Waals surface area contributed by atoms with Crippen LogP contribution in [0, 0.1) is 0 Å². The van der Waals surface area contributed by atoms with Crippen LogP contribution in [0.3, 0.4) is 0 Å². The first kappa shape index (κ1) is 19.4. The van der Waals surface area contributed by atoms with E-state index >= 15 is 0 Å². The van der Waals surface area contributed by atoms with E-state index in [4.69, 9.17) is 15.2 Å². The van der Waals surface area contributed by atoms with Crippen LogP contribution in [-0.2, 0) is 14.3 Å². The Morgan fingerprint density at radius 2 is 1.96 bits per heavy atom. The van der Waals surface area contributed by atoms with E-state index < -0.39 is 30.4 Å². The Hall–Kier alpha value is -3.36. The summed E-state index contributed by atoms with van der Waals surface area (Å²) < 4.78 is 11.8. The van der Waals surface area contributed by atoms with Crippen LogP contribution < -0.4 is 10.5 Å². The van der Waals surface area contributed by atoms with Crippen LogP contribution in [0.2, 0.25) is 0 Å². The number of para-hydroxylation sites is 1. The van der Waals surface area contributed by atoms with Crippen LogP contribution in [0.4, 0.5) is 0 Å². The topological polar surface area (TPSA) is 117 Å². The molecule has 148 valence electrons. The Morgan fingerprint density at radius 3 is 2.64 bits per heavy atom. The molecule has 2 N–H and O–H groups in total. The molecule has 1 aromatic carbocycles. The zero-order valence-electron chi connectivity index (χ0n) is 15.5. The Morgan fingerprint density at radius 1 is 1.21 bits per heavy atom. The fourth-order valence-corrected chi connectivity index (χ4v) is 3.17. The number of ether oxygens (including phenoxy) is 2. The van der Waals surface area contributed by atoms with Gasteiger partial charge in [0.25, 0.3) is 5.91 Å². The van der Waals surface area contributed by atoms with Gasteiger partial charge in [-0.2, -0.15) is 5.10 Å². The van der Waals surface area contributed by atoms with Crippen LogP contribution in [0.15, 0.2) is 36.5 Å². The fourth-order valence-electron chi connectivity index (χ4n) is 3.17. The highest BCUT2D eigenvalue weighted by atomic mass is 16.5. The predicted octanol–water partition coefficient (Wildman–Crippen LogP) is 0.904. The molecule has 2 heterocycles. The minimum Gasteiger partial charge on any atom is -0.493 e. The first-order chi connectivity index (χ1) is 13.5. The second kappa shape index (κ2) is 8.55. The molecule has 1 aliphatic rings. The maximum atomic E-state index is 12.4. The van der Waals surface area contributed by atoms with E-state index in [-0.39, 0.29) is 11.4 Å². The molecule has 1 fully saturated rings. The third-order valence-electron chi connectivity index (χ3n) is 4.59. The highest BCUT2D eigenvalue weighted by molar-refractivity contribution is 5.93. The quantitative estimate of drug-likeness (QED) is 0.738. The lowest BCUT2D eigenvalue weighted by Gasteiger charge is -2.33. The molecule has 9 nitrogen and oxygen atoms in total. The summed E-state index contributed by atoms with van der Waals surface area (Å²) in [4.78, 5) is 37.8. The second-order valence-corrected chi connectivity index (χ2v) is 6.40. The van der Waals surface area contributed by atoms with Gasteiger partial charge < -0.3 is 20.1 Å². The summed E-state index contributed by atoms with van der Waals surface area (Å²) in [5.74, 6) is -1.57.